The highest BCUT2D eigenvalue weighted by Gasteiger charge is 2.02. The van der Waals surface area contributed by atoms with Crippen LogP contribution in [0.2, 0.25) is 0 Å². The lowest BCUT2D eigenvalue weighted by Crippen LogP contribution is -2.05. The molecule has 0 radical (unpaired) electrons. The van der Waals surface area contributed by atoms with Crippen LogP contribution >= 0.6 is 0 Å². The monoisotopic (exact) mass is 244 g/mol. The normalized spacial score (nSPS) is 14.8. The van der Waals surface area contributed by atoms with Crippen LogP contribution in [0.25, 0.3) is 0 Å². The summed E-state index contributed by atoms with van der Waals surface area (Å²) in [6.45, 7) is 4.15. The van der Waals surface area contributed by atoms with E-state index in [1.54, 1.807) is 0 Å². The molecule has 0 aliphatic heterocycles. The molecular formula is C15H32O2. The van der Waals surface area contributed by atoms with Gasteiger partial charge in [-0.1, -0.05) is 58.8 Å². The molecule has 0 saturated carbocycles. The summed E-state index contributed by atoms with van der Waals surface area (Å²) in [5, 5.41) is 18.9. The Morgan fingerprint density at radius 2 is 1.12 bits per heavy atom. The number of aliphatic hydroxyl groups excluding tert-OH is 2. The minimum atomic E-state index is -0.0841. The van der Waals surface area contributed by atoms with Gasteiger partial charge in [0.25, 0.3) is 0 Å². The second-order valence-electron chi connectivity index (χ2n) is 5.20. The molecule has 0 aromatic heterocycles. The van der Waals surface area contributed by atoms with Gasteiger partial charge >= 0.3 is 0 Å². The van der Waals surface area contributed by atoms with Crippen molar-refractivity contribution in [3.8, 4) is 0 Å². The highest BCUT2D eigenvalue weighted by atomic mass is 16.3. The van der Waals surface area contributed by atoms with Crippen molar-refractivity contribution in [2.45, 2.75) is 96.7 Å². The van der Waals surface area contributed by atoms with Gasteiger partial charge in [0.2, 0.25) is 0 Å². The van der Waals surface area contributed by atoms with Gasteiger partial charge in [-0.25, -0.2) is 0 Å². The summed E-state index contributed by atoms with van der Waals surface area (Å²) in [6.07, 6.45) is 12.1. The minimum Gasteiger partial charge on any atom is -0.393 e. The number of rotatable bonds is 12. The molecule has 0 aromatic rings. The Hall–Kier alpha value is -0.0800. The molecule has 104 valence electrons. The summed E-state index contributed by atoms with van der Waals surface area (Å²) in [5.74, 6) is 0. The fourth-order valence-corrected chi connectivity index (χ4v) is 2.15. The number of aliphatic hydroxyl groups is 2. The molecule has 0 heterocycles. The third-order valence-electron chi connectivity index (χ3n) is 3.42. The first kappa shape index (κ1) is 16.9. The fraction of sp³-hybridized carbons (Fsp3) is 1.00. The van der Waals surface area contributed by atoms with E-state index >= 15 is 0 Å². The van der Waals surface area contributed by atoms with Crippen molar-refractivity contribution >= 4 is 0 Å². The van der Waals surface area contributed by atoms with Crippen LogP contribution in [0.5, 0.6) is 0 Å². The Bertz CT molecular complexity index is 148. The van der Waals surface area contributed by atoms with Gasteiger partial charge in [-0.15, -0.1) is 0 Å². The van der Waals surface area contributed by atoms with Crippen molar-refractivity contribution in [1.82, 2.24) is 0 Å². The largest absolute Gasteiger partial charge is 0.393 e. The van der Waals surface area contributed by atoms with Crippen molar-refractivity contribution in [2.24, 2.45) is 0 Å². The zero-order valence-corrected chi connectivity index (χ0v) is 11.8. The van der Waals surface area contributed by atoms with Gasteiger partial charge in [0, 0.05) is 0 Å². The third kappa shape index (κ3) is 12.2. The third-order valence-corrected chi connectivity index (χ3v) is 3.42. The Kier molecular flexibility index (Phi) is 12.3. The fourth-order valence-electron chi connectivity index (χ4n) is 2.15. The van der Waals surface area contributed by atoms with E-state index in [0.29, 0.717) is 0 Å². The van der Waals surface area contributed by atoms with Gasteiger partial charge < -0.3 is 10.2 Å². The molecule has 0 fully saturated rings. The second-order valence-corrected chi connectivity index (χ2v) is 5.20. The van der Waals surface area contributed by atoms with Crippen LogP contribution in [-0.2, 0) is 0 Å². The van der Waals surface area contributed by atoms with Crippen LogP contribution < -0.4 is 0 Å². The van der Waals surface area contributed by atoms with Gasteiger partial charge in [0.1, 0.15) is 0 Å². The highest BCUT2D eigenvalue weighted by molar-refractivity contribution is 4.56. The van der Waals surface area contributed by atoms with E-state index in [0.717, 1.165) is 38.5 Å². The van der Waals surface area contributed by atoms with E-state index in [1.807, 2.05) is 6.92 Å². The van der Waals surface area contributed by atoms with E-state index in [-0.39, 0.29) is 12.2 Å². The number of unbranched alkanes of at least 4 members (excludes halogenated alkanes) is 5. The number of hydrogen-bond donors (Lipinski definition) is 2. The summed E-state index contributed by atoms with van der Waals surface area (Å²) in [4.78, 5) is 0. The Balaban J connectivity index is 3.08. The summed E-state index contributed by atoms with van der Waals surface area (Å²) in [6, 6.07) is 0. The molecule has 2 nitrogen and oxygen atoms in total. The molecule has 2 heteroatoms. The first-order valence-corrected chi connectivity index (χ1v) is 7.56. The molecular weight excluding hydrogens is 212 g/mol. The van der Waals surface area contributed by atoms with E-state index in [9.17, 15) is 10.2 Å². The van der Waals surface area contributed by atoms with Gasteiger partial charge in [-0.05, 0) is 25.7 Å². The molecule has 0 spiro atoms. The van der Waals surface area contributed by atoms with E-state index < -0.39 is 0 Å². The SMILES string of the molecule is CCCC(O)CCCCCCCCC(O)CC. The Morgan fingerprint density at radius 1 is 0.647 bits per heavy atom. The molecule has 0 aromatic carbocycles. The summed E-state index contributed by atoms with van der Waals surface area (Å²) in [7, 11) is 0. The van der Waals surface area contributed by atoms with Gasteiger partial charge in [0.15, 0.2) is 0 Å². The first-order valence-electron chi connectivity index (χ1n) is 7.56. The summed E-state index contributed by atoms with van der Waals surface area (Å²) in [5.41, 5.74) is 0. The average molecular weight is 244 g/mol. The van der Waals surface area contributed by atoms with E-state index in [4.69, 9.17) is 0 Å². The molecule has 0 bridgehead atoms. The average Bonchev–Trinajstić information content (AvgIpc) is 2.32. The molecule has 0 aliphatic rings. The zero-order chi connectivity index (χ0) is 12.9. The molecule has 2 unspecified atom stereocenters. The van der Waals surface area contributed by atoms with Crippen molar-refractivity contribution in [3.63, 3.8) is 0 Å². The maximum Gasteiger partial charge on any atom is 0.0540 e. The lowest BCUT2D eigenvalue weighted by Gasteiger charge is -2.09. The van der Waals surface area contributed by atoms with Crippen LogP contribution in [0.15, 0.2) is 0 Å². The summed E-state index contributed by atoms with van der Waals surface area (Å²) < 4.78 is 0. The molecule has 2 N–H and O–H groups in total. The smallest absolute Gasteiger partial charge is 0.0540 e. The molecule has 0 saturated heterocycles. The van der Waals surface area contributed by atoms with E-state index in [1.165, 1.54) is 32.1 Å². The minimum absolute atomic E-state index is 0.0697. The molecule has 17 heavy (non-hydrogen) atoms. The topological polar surface area (TPSA) is 40.5 Å². The predicted octanol–water partition coefficient (Wildman–Crippen LogP) is 4.04. The van der Waals surface area contributed by atoms with Crippen LogP contribution in [0, 0.1) is 0 Å². The second kappa shape index (κ2) is 12.4. The Morgan fingerprint density at radius 3 is 1.59 bits per heavy atom. The van der Waals surface area contributed by atoms with Crippen LogP contribution in [-0.4, -0.2) is 22.4 Å². The maximum atomic E-state index is 9.55. The van der Waals surface area contributed by atoms with Crippen molar-refractivity contribution in [1.29, 1.82) is 0 Å². The Labute approximate surface area is 107 Å². The quantitative estimate of drug-likeness (QED) is 0.509. The molecule has 0 amide bonds. The van der Waals surface area contributed by atoms with Crippen molar-refractivity contribution < 1.29 is 10.2 Å². The van der Waals surface area contributed by atoms with Crippen molar-refractivity contribution in [3.05, 3.63) is 0 Å². The number of hydrogen-bond acceptors (Lipinski definition) is 2. The molecule has 0 rings (SSSR count). The maximum absolute atomic E-state index is 9.55. The van der Waals surface area contributed by atoms with Crippen molar-refractivity contribution in [2.75, 3.05) is 0 Å². The highest BCUT2D eigenvalue weighted by Crippen LogP contribution is 2.12. The van der Waals surface area contributed by atoms with Crippen LogP contribution in [0.4, 0.5) is 0 Å². The first-order chi connectivity index (χ1) is 8.20. The van der Waals surface area contributed by atoms with Gasteiger partial charge in [0.05, 0.1) is 12.2 Å². The lowest BCUT2D eigenvalue weighted by atomic mass is 10.0. The predicted molar refractivity (Wildman–Crippen MR) is 74.1 cm³/mol. The van der Waals surface area contributed by atoms with Gasteiger partial charge in [-0.3, -0.25) is 0 Å². The summed E-state index contributed by atoms with van der Waals surface area (Å²) >= 11 is 0. The standard InChI is InChI=1S/C15H32O2/c1-3-11-15(17)13-10-8-6-5-7-9-12-14(16)4-2/h14-17H,3-13H2,1-2H3. The molecule has 2 atom stereocenters. The van der Waals surface area contributed by atoms with Crippen LogP contribution in [0.3, 0.4) is 0 Å². The molecule has 0 aliphatic carbocycles. The zero-order valence-electron chi connectivity index (χ0n) is 11.8. The van der Waals surface area contributed by atoms with E-state index in [2.05, 4.69) is 6.92 Å². The lowest BCUT2D eigenvalue weighted by molar-refractivity contribution is 0.149. The van der Waals surface area contributed by atoms with Gasteiger partial charge in [-0.2, -0.15) is 0 Å². The van der Waals surface area contributed by atoms with Crippen LogP contribution in [0.1, 0.15) is 84.5 Å².